The van der Waals surface area contributed by atoms with Crippen LogP contribution in [0, 0.1) is 0 Å². The molecule has 5 nitrogen and oxygen atoms in total. The zero-order valence-electron chi connectivity index (χ0n) is 15.5. The van der Waals surface area contributed by atoms with Gasteiger partial charge in [0.05, 0.1) is 19.0 Å². The van der Waals surface area contributed by atoms with E-state index in [-0.39, 0.29) is 11.3 Å². The third-order valence-electron chi connectivity index (χ3n) is 5.06. The SMILES string of the molecule is COc1ccc(-c2cc(C(F)(F)F)n3ncc(CN4CCCCC4)c3n2)cc1. The predicted octanol–water partition coefficient (Wildman–Crippen LogP) is 4.41. The van der Waals surface area contributed by atoms with E-state index in [4.69, 9.17) is 4.74 Å². The fourth-order valence-corrected chi connectivity index (χ4v) is 3.59. The lowest BCUT2D eigenvalue weighted by atomic mass is 10.1. The van der Waals surface area contributed by atoms with Crippen LogP contribution in [0.2, 0.25) is 0 Å². The topological polar surface area (TPSA) is 42.7 Å². The van der Waals surface area contributed by atoms with Crippen LogP contribution in [-0.4, -0.2) is 39.7 Å². The molecular weight excluding hydrogens is 369 g/mol. The van der Waals surface area contributed by atoms with Crippen LogP contribution >= 0.6 is 0 Å². The molecule has 148 valence electrons. The van der Waals surface area contributed by atoms with Gasteiger partial charge in [0.25, 0.3) is 0 Å². The number of methoxy groups -OCH3 is 1. The number of benzene rings is 1. The Morgan fingerprint density at radius 2 is 1.79 bits per heavy atom. The first-order valence-corrected chi connectivity index (χ1v) is 9.27. The Kier molecular flexibility index (Phi) is 4.97. The molecule has 28 heavy (non-hydrogen) atoms. The van der Waals surface area contributed by atoms with E-state index in [1.807, 2.05) is 0 Å². The first-order chi connectivity index (χ1) is 13.5. The number of nitrogens with zero attached hydrogens (tertiary/aromatic N) is 4. The second-order valence-electron chi connectivity index (χ2n) is 6.99. The number of alkyl halides is 3. The van der Waals surface area contributed by atoms with Crippen LogP contribution < -0.4 is 4.74 Å². The maximum absolute atomic E-state index is 13.7. The van der Waals surface area contributed by atoms with Gasteiger partial charge in [-0.15, -0.1) is 0 Å². The molecule has 0 aliphatic carbocycles. The van der Waals surface area contributed by atoms with E-state index in [0.29, 0.717) is 23.4 Å². The molecule has 0 bridgehead atoms. The summed E-state index contributed by atoms with van der Waals surface area (Å²) in [4.78, 5) is 6.78. The minimum Gasteiger partial charge on any atom is -0.497 e. The number of ether oxygens (including phenoxy) is 1. The van der Waals surface area contributed by atoms with Crippen molar-refractivity contribution >= 4 is 5.65 Å². The molecule has 3 heterocycles. The molecule has 0 radical (unpaired) electrons. The zero-order chi connectivity index (χ0) is 19.7. The van der Waals surface area contributed by atoms with Gasteiger partial charge < -0.3 is 4.74 Å². The van der Waals surface area contributed by atoms with Crippen molar-refractivity contribution in [3.8, 4) is 17.0 Å². The molecule has 8 heteroatoms. The average molecular weight is 390 g/mol. The summed E-state index contributed by atoms with van der Waals surface area (Å²) in [5.41, 5.74) is 1.00. The molecule has 1 aromatic carbocycles. The minimum atomic E-state index is -4.53. The molecule has 0 amide bonds. The maximum atomic E-state index is 13.7. The van der Waals surface area contributed by atoms with Gasteiger partial charge in [0.2, 0.25) is 0 Å². The molecule has 1 aliphatic rings. The number of likely N-dealkylation sites (tertiary alicyclic amines) is 1. The summed E-state index contributed by atoms with van der Waals surface area (Å²) in [6, 6.07) is 7.88. The second kappa shape index (κ2) is 7.43. The van der Waals surface area contributed by atoms with Crippen molar-refractivity contribution in [2.75, 3.05) is 20.2 Å². The van der Waals surface area contributed by atoms with Gasteiger partial charge in [-0.05, 0) is 56.3 Å². The van der Waals surface area contributed by atoms with Crippen LogP contribution in [0.4, 0.5) is 13.2 Å². The third kappa shape index (κ3) is 3.69. The summed E-state index contributed by atoms with van der Waals surface area (Å²) in [6.07, 6.45) is 0.388. The minimum absolute atomic E-state index is 0.256. The normalized spacial score (nSPS) is 15.9. The van der Waals surface area contributed by atoms with Crippen molar-refractivity contribution in [2.45, 2.75) is 32.0 Å². The Morgan fingerprint density at radius 3 is 2.43 bits per heavy atom. The van der Waals surface area contributed by atoms with Crippen molar-refractivity contribution in [1.82, 2.24) is 19.5 Å². The van der Waals surface area contributed by atoms with Crippen molar-refractivity contribution in [3.05, 3.63) is 47.8 Å². The molecule has 2 aromatic heterocycles. The molecule has 4 rings (SSSR count). The molecule has 1 saturated heterocycles. The van der Waals surface area contributed by atoms with E-state index in [2.05, 4.69) is 15.0 Å². The summed E-state index contributed by atoms with van der Waals surface area (Å²) < 4.78 is 47.1. The monoisotopic (exact) mass is 390 g/mol. The van der Waals surface area contributed by atoms with E-state index >= 15 is 0 Å². The lowest BCUT2D eigenvalue weighted by Gasteiger charge is -2.25. The molecule has 0 atom stereocenters. The Morgan fingerprint density at radius 1 is 1.07 bits per heavy atom. The van der Waals surface area contributed by atoms with Crippen molar-refractivity contribution in [3.63, 3.8) is 0 Å². The van der Waals surface area contributed by atoms with Gasteiger partial charge in [0, 0.05) is 17.7 Å². The maximum Gasteiger partial charge on any atom is 0.433 e. The Bertz CT molecular complexity index is 960. The summed E-state index contributed by atoms with van der Waals surface area (Å²) in [5.74, 6) is 0.635. The summed E-state index contributed by atoms with van der Waals surface area (Å²) >= 11 is 0. The van der Waals surface area contributed by atoms with Crippen LogP contribution in [0.1, 0.15) is 30.5 Å². The summed E-state index contributed by atoms with van der Waals surface area (Å²) in [7, 11) is 1.54. The first-order valence-electron chi connectivity index (χ1n) is 9.27. The molecular formula is C20H21F3N4O. The average Bonchev–Trinajstić information content (AvgIpc) is 3.10. The molecule has 1 aliphatic heterocycles. The molecule has 0 unspecified atom stereocenters. The van der Waals surface area contributed by atoms with Gasteiger partial charge in [-0.1, -0.05) is 6.42 Å². The number of piperidine rings is 1. The smallest absolute Gasteiger partial charge is 0.433 e. The number of aromatic nitrogens is 3. The van der Waals surface area contributed by atoms with Gasteiger partial charge in [-0.3, -0.25) is 4.90 Å². The lowest BCUT2D eigenvalue weighted by Crippen LogP contribution is -2.29. The zero-order valence-corrected chi connectivity index (χ0v) is 15.5. The van der Waals surface area contributed by atoms with Crippen LogP contribution in [0.5, 0.6) is 5.75 Å². The third-order valence-corrected chi connectivity index (χ3v) is 5.06. The Labute approximate surface area is 160 Å². The lowest BCUT2D eigenvalue weighted by molar-refractivity contribution is -0.142. The van der Waals surface area contributed by atoms with Crippen LogP contribution in [0.25, 0.3) is 16.9 Å². The van der Waals surface area contributed by atoms with E-state index in [1.54, 1.807) is 31.4 Å². The van der Waals surface area contributed by atoms with E-state index < -0.39 is 11.9 Å². The number of rotatable bonds is 4. The standard InChI is InChI=1S/C20H21F3N4O/c1-28-16-7-5-14(6-8-16)17-11-18(20(21,22)23)27-19(25-17)15(12-24-27)13-26-9-3-2-4-10-26/h5-8,11-12H,2-4,9-10,13H2,1H3. The molecule has 0 spiro atoms. The van der Waals surface area contributed by atoms with Gasteiger partial charge in [0.15, 0.2) is 11.3 Å². The van der Waals surface area contributed by atoms with Gasteiger partial charge >= 0.3 is 6.18 Å². The molecule has 1 fully saturated rings. The Hall–Kier alpha value is -2.61. The summed E-state index contributed by atoms with van der Waals surface area (Å²) in [5, 5.41) is 4.00. The number of halogens is 3. The van der Waals surface area contributed by atoms with Gasteiger partial charge in [-0.25, -0.2) is 9.50 Å². The highest BCUT2D eigenvalue weighted by Gasteiger charge is 2.35. The van der Waals surface area contributed by atoms with Crippen LogP contribution in [-0.2, 0) is 12.7 Å². The fourth-order valence-electron chi connectivity index (χ4n) is 3.59. The van der Waals surface area contributed by atoms with E-state index in [0.717, 1.165) is 36.5 Å². The van der Waals surface area contributed by atoms with Crippen molar-refractivity contribution < 1.29 is 17.9 Å². The highest BCUT2D eigenvalue weighted by Crippen LogP contribution is 2.33. The highest BCUT2D eigenvalue weighted by molar-refractivity contribution is 5.64. The fraction of sp³-hybridized carbons (Fsp3) is 0.400. The first kappa shape index (κ1) is 18.7. The number of hydrogen-bond donors (Lipinski definition) is 0. The van der Waals surface area contributed by atoms with E-state index in [1.165, 1.54) is 12.6 Å². The summed E-state index contributed by atoms with van der Waals surface area (Å²) in [6.45, 7) is 2.45. The van der Waals surface area contributed by atoms with Gasteiger partial charge in [0.1, 0.15) is 5.75 Å². The molecule has 0 N–H and O–H groups in total. The van der Waals surface area contributed by atoms with Crippen molar-refractivity contribution in [1.29, 1.82) is 0 Å². The number of fused-ring (bicyclic) bond motifs is 1. The second-order valence-corrected chi connectivity index (χ2v) is 6.99. The molecule has 3 aromatic rings. The van der Waals surface area contributed by atoms with Crippen LogP contribution in [0.3, 0.4) is 0 Å². The number of hydrogen-bond acceptors (Lipinski definition) is 4. The highest BCUT2D eigenvalue weighted by atomic mass is 19.4. The van der Waals surface area contributed by atoms with Crippen LogP contribution in [0.15, 0.2) is 36.5 Å². The molecule has 0 saturated carbocycles. The van der Waals surface area contributed by atoms with E-state index in [9.17, 15) is 13.2 Å². The Balaban J connectivity index is 1.80. The predicted molar refractivity (Wildman–Crippen MR) is 99.1 cm³/mol. The largest absolute Gasteiger partial charge is 0.497 e. The van der Waals surface area contributed by atoms with Crippen molar-refractivity contribution in [2.24, 2.45) is 0 Å². The quantitative estimate of drug-likeness (QED) is 0.662. The van der Waals surface area contributed by atoms with Gasteiger partial charge in [-0.2, -0.15) is 18.3 Å².